The maximum absolute atomic E-state index is 4.17. The molecule has 0 bridgehead atoms. The molecule has 0 aliphatic heterocycles. The lowest BCUT2D eigenvalue weighted by Crippen LogP contribution is -1.97. The molecule has 0 unspecified atom stereocenters. The molecule has 0 atom stereocenters. The normalized spacial score (nSPS) is 11.2. The highest BCUT2D eigenvalue weighted by Crippen LogP contribution is 2.16. The zero-order valence-corrected chi connectivity index (χ0v) is 21.6. The van der Waals surface area contributed by atoms with Gasteiger partial charge in [0.1, 0.15) is 0 Å². The summed E-state index contributed by atoms with van der Waals surface area (Å²) in [5.41, 5.74) is 9.92. The Morgan fingerprint density at radius 2 is 1.43 bits per heavy atom. The number of hydrogen-bond donors (Lipinski definition) is 0. The Balaban J connectivity index is 0. The average molecular weight is 410 g/mol. The van der Waals surface area contributed by atoms with Crippen LogP contribution in [0.5, 0.6) is 0 Å². The maximum atomic E-state index is 4.17. The summed E-state index contributed by atoms with van der Waals surface area (Å²) in [5, 5.41) is 0. The summed E-state index contributed by atoms with van der Waals surface area (Å²) in [6, 6.07) is 8.66. The molecule has 0 saturated carbocycles. The van der Waals surface area contributed by atoms with Crippen molar-refractivity contribution >= 4 is 5.71 Å². The van der Waals surface area contributed by atoms with E-state index in [1.165, 1.54) is 52.7 Å². The van der Waals surface area contributed by atoms with Crippen LogP contribution in [0.4, 0.5) is 0 Å². The lowest BCUT2D eigenvalue weighted by molar-refractivity contribution is 0.789. The Morgan fingerprint density at radius 3 is 1.77 bits per heavy atom. The molecule has 1 aromatic carbocycles. The largest absolute Gasteiger partial charge is 0.293 e. The Labute approximate surface area is 188 Å². The highest BCUT2D eigenvalue weighted by molar-refractivity contribution is 5.98. The van der Waals surface area contributed by atoms with Crippen LogP contribution < -0.4 is 0 Å². The second kappa shape index (κ2) is 17.7. The fraction of sp³-hybridized carbons (Fsp3) is 0.483. The minimum atomic E-state index is 1.07. The van der Waals surface area contributed by atoms with Crippen LogP contribution in [0.3, 0.4) is 0 Å². The summed E-state index contributed by atoms with van der Waals surface area (Å²) in [4.78, 5) is 4.17. The highest BCUT2D eigenvalue weighted by Gasteiger charge is 2.01. The molecule has 1 rings (SSSR count). The Bertz CT molecular complexity index is 720. The molecule has 1 aromatic rings. The second-order valence-corrected chi connectivity index (χ2v) is 8.21. The first-order chi connectivity index (χ1) is 14.0. The van der Waals surface area contributed by atoms with Gasteiger partial charge in [0.2, 0.25) is 0 Å². The molecule has 0 fully saturated rings. The van der Waals surface area contributed by atoms with Crippen LogP contribution in [0.1, 0.15) is 85.8 Å². The Morgan fingerprint density at radius 1 is 0.900 bits per heavy atom. The van der Waals surface area contributed by atoms with Crippen LogP contribution in [0.25, 0.3) is 0 Å². The standard InChI is InChI=1S/C13H21N.C9H12.C7H14/c1-9(2)8-10(3)11(4)12(5)13(6)14-7;1-3-9-6-4-8(2)5-7-9;1-4-5-6-7(2)3/h8H,3H2,1-2,4-7H3;4-7H,3H2,1-2H3;2,4-6H2,1,3H3/b12-11-,14-13?;;. The molecular weight excluding hydrogens is 362 g/mol. The zero-order valence-electron chi connectivity index (χ0n) is 21.6. The summed E-state index contributed by atoms with van der Waals surface area (Å²) in [6.45, 7) is 26.7. The number of hydrogen-bond acceptors (Lipinski definition) is 1. The summed E-state index contributed by atoms with van der Waals surface area (Å²) in [5.74, 6) is 0. The van der Waals surface area contributed by atoms with E-state index in [2.05, 4.69) is 104 Å². The van der Waals surface area contributed by atoms with Crippen molar-refractivity contribution in [2.45, 2.75) is 88.0 Å². The molecule has 0 heterocycles. The van der Waals surface area contributed by atoms with E-state index in [-0.39, 0.29) is 0 Å². The lowest BCUT2D eigenvalue weighted by atomic mass is 9.99. The predicted octanol–water partition coefficient (Wildman–Crippen LogP) is 9.25. The van der Waals surface area contributed by atoms with Gasteiger partial charge in [-0.25, -0.2) is 0 Å². The van der Waals surface area contributed by atoms with Crippen molar-refractivity contribution in [3.05, 3.63) is 82.5 Å². The third-order valence-electron chi connectivity index (χ3n) is 4.87. The van der Waals surface area contributed by atoms with Crippen LogP contribution in [0.2, 0.25) is 0 Å². The van der Waals surface area contributed by atoms with Gasteiger partial charge < -0.3 is 0 Å². The van der Waals surface area contributed by atoms with E-state index in [1.807, 2.05) is 14.0 Å². The van der Waals surface area contributed by atoms with Gasteiger partial charge in [0.25, 0.3) is 0 Å². The molecule has 0 amide bonds. The molecule has 1 nitrogen and oxygen atoms in total. The fourth-order valence-electron chi connectivity index (χ4n) is 2.44. The molecule has 0 N–H and O–H groups in total. The number of benzene rings is 1. The number of aryl methyl sites for hydroxylation is 2. The van der Waals surface area contributed by atoms with Crippen LogP contribution in [-0.4, -0.2) is 12.8 Å². The zero-order chi connectivity index (χ0) is 23.7. The van der Waals surface area contributed by atoms with Gasteiger partial charge in [-0.05, 0) is 90.0 Å². The number of rotatable bonds is 7. The predicted molar refractivity (Wildman–Crippen MR) is 141 cm³/mol. The van der Waals surface area contributed by atoms with Crippen molar-refractivity contribution in [1.82, 2.24) is 0 Å². The Kier molecular flexibility index (Phi) is 17.7. The van der Waals surface area contributed by atoms with Crippen molar-refractivity contribution in [1.29, 1.82) is 0 Å². The molecule has 168 valence electrons. The SMILES string of the molecule is C=C(C)CCCC.C=C(C=C(C)C)/C(C)=C(/C)C(C)=NC.CCc1ccc(C)cc1. The topological polar surface area (TPSA) is 12.4 Å². The maximum Gasteiger partial charge on any atom is 0.0345 e. The van der Waals surface area contributed by atoms with E-state index in [4.69, 9.17) is 0 Å². The molecule has 0 aliphatic rings. The van der Waals surface area contributed by atoms with E-state index in [0.29, 0.717) is 0 Å². The van der Waals surface area contributed by atoms with Gasteiger partial charge in [-0.2, -0.15) is 0 Å². The van der Waals surface area contributed by atoms with Crippen molar-refractivity contribution < 1.29 is 0 Å². The van der Waals surface area contributed by atoms with Gasteiger partial charge in [0.15, 0.2) is 0 Å². The minimum Gasteiger partial charge on any atom is -0.293 e. The number of allylic oxidation sites excluding steroid dienone is 6. The van der Waals surface area contributed by atoms with Crippen LogP contribution in [0, 0.1) is 6.92 Å². The van der Waals surface area contributed by atoms with Crippen molar-refractivity contribution in [2.24, 2.45) is 4.99 Å². The van der Waals surface area contributed by atoms with E-state index < -0.39 is 0 Å². The van der Waals surface area contributed by atoms with Gasteiger partial charge >= 0.3 is 0 Å². The molecule has 0 radical (unpaired) electrons. The quantitative estimate of drug-likeness (QED) is 0.242. The van der Waals surface area contributed by atoms with Crippen LogP contribution >= 0.6 is 0 Å². The third kappa shape index (κ3) is 15.7. The molecule has 1 heteroatoms. The van der Waals surface area contributed by atoms with E-state index in [9.17, 15) is 0 Å². The summed E-state index contributed by atoms with van der Waals surface area (Å²) >= 11 is 0. The van der Waals surface area contributed by atoms with Gasteiger partial charge in [-0.15, -0.1) is 6.58 Å². The van der Waals surface area contributed by atoms with Gasteiger partial charge in [-0.3, -0.25) is 4.99 Å². The van der Waals surface area contributed by atoms with Gasteiger partial charge in [0.05, 0.1) is 0 Å². The molecule has 0 aromatic heterocycles. The lowest BCUT2D eigenvalue weighted by Gasteiger charge is -2.07. The van der Waals surface area contributed by atoms with E-state index in [0.717, 1.165) is 17.7 Å². The third-order valence-corrected chi connectivity index (χ3v) is 4.87. The summed E-state index contributed by atoms with van der Waals surface area (Å²) < 4.78 is 0. The number of nitrogens with zero attached hydrogens (tertiary/aromatic N) is 1. The second-order valence-electron chi connectivity index (χ2n) is 8.21. The van der Waals surface area contributed by atoms with Gasteiger partial charge in [0, 0.05) is 12.8 Å². The summed E-state index contributed by atoms with van der Waals surface area (Å²) in [6.07, 6.45) is 7.03. The van der Waals surface area contributed by atoms with E-state index in [1.54, 1.807) is 0 Å². The molecule has 0 saturated heterocycles. The van der Waals surface area contributed by atoms with Gasteiger partial charge in [-0.1, -0.05) is 73.9 Å². The molecule has 0 aliphatic carbocycles. The number of unbranched alkanes of at least 4 members (excludes halogenated alkanes) is 1. The number of aliphatic imine (C=N–C) groups is 1. The first-order valence-electron chi connectivity index (χ1n) is 11.1. The smallest absolute Gasteiger partial charge is 0.0345 e. The van der Waals surface area contributed by atoms with Crippen LogP contribution in [-0.2, 0) is 6.42 Å². The van der Waals surface area contributed by atoms with E-state index >= 15 is 0 Å². The molecule has 30 heavy (non-hydrogen) atoms. The minimum absolute atomic E-state index is 1.07. The van der Waals surface area contributed by atoms with Crippen molar-refractivity contribution in [2.75, 3.05) is 7.05 Å². The van der Waals surface area contributed by atoms with Crippen LogP contribution in [0.15, 0.2) is 76.4 Å². The Hall–Kier alpha value is -2.15. The average Bonchev–Trinajstić information content (AvgIpc) is 2.71. The molecular formula is C29H47N. The fourth-order valence-corrected chi connectivity index (χ4v) is 2.44. The monoisotopic (exact) mass is 409 g/mol. The highest BCUT2D eigenvalue weighted by atomic mass is 14.7. The first kappa shape index (κ1) is 30.0. The summed E-state index contributed by atoms with van der Waals surface area (Å²) in [7, 11) is 1.82. The van der Waals surface area contributed by atoms with Crippen molar-refractivity contribution in [3.63, 3.8) is 0 Å². The first-order valence-corrected chi connectivity index (χ1v) is 11.1. The molecule has 0 spiro atoms. The van der Waals surface area contributed by atoms with Crippen molar-refractivity contribution in [3.8, 4) is 0 Å².